The van der Waals surface area contributed by atoms with Crippen LogP contribution in [0.15, 0.2) is 23.3 Å². The van der Waals surface area contributed by atoms with Gasteiger partial charge in [0.2, 0.25) is 5.91 Å². The van der Waals surface area contributed by atoms with Gasteiger partial charge in [-0.3, -0.25) is 9.59 Å². The van der Waals surface area contributed by atoms with E-state index >= 15 is 0 Å². The number of aliphatic carboxylic acids is 1. The number of carbonyl (C=O) groups is 3. The average Bonchev–Trinajstić information content (AvgIpc) is 2.61. The summed E-state index contributed by atoms with van der Waals surface area (Å²) in [6, 6.07) is 2.45. The average molecular weight is 411 g/mol. The number of para-hydroxylation sites is 1. The molecule has 1 heterocycles. The summed E-state index contributed by atoms with van der Waals surface area (Å²) in [5, 5.41) is 23.1. The molecule has 1 aromatic carbocycles. The van der Waals surface area contributed by atoms with Crippen molar-refractivity contribution in [2.45, 2.75) is 44.0 Å². The molecule has 0 saturated carbocycles. The van der Waals surface area contributed by atoms with Crippen molar-refractivity contribution in [3.05, 3.63) is 29.3 Å². The third-order valence-electron chi connectivity index (χ3n) is 4.63. The normalized spacial score (nSPS) is 20.9. The number of carbonyl (C=O) groups excluding carboxylic acids is 2. The first-order chi connectivity index (χ1) is 13.0. The van der Waals surface area contributed by atoms with Gasteiger partial charge in [0.1, 0.15) is 10.5 Å². The lowest BCUT2D eigenvalue weighted by Gasteiger charge is -2.46. The van der Waals surface area contributed by atoms with Crippen molar-refractivity contribution in [1.82, 2.24) is 10.3 Å². The molecule has 10 nitrogen and oxygen atoms in total. The highest BCUT2D eigenvalue weighted by atomic mass is 32.2. The number of hydrogen-bond donors (Lipinski definition) is 4. The van der Waals surface area contributed by atoms with Crippen LogP contribution in [-0.2, 0) is 20.7 Å². The van der Waals surface area contributed by atoms with Gasteiger partial charge in [-0.25, -0.2) is 14.4 Å². The lowest BCUT2D eigenvalue weighted by molar-refractivity contribution is -0.161. The lowest BCUT2D eigenvalue weighted by atomic mass is 9.92. The predicted octanol–water partition coefficient (Wildman–Crippen LogP) is 0.471. The van der Waals surface area contributed by atoms with E-state index in [-0.39, 0.29) is 17.7 Å². The molecule has 1 aromatic rings. The Kier molecular flexibility index (Phi) is 6.20. The zero-order valence-electron chi connectivity index (χ0n) is 15.4. The first-order valence-corrected chi connectivity index (χ1v) is 9.39. The number of nitrogens with one attached hydrogen (secondary N) is 1. The molecule has 0 aromatic heterocycles. The molecule has 152 valence electrons. The number of hydrazone groups is 1. The number of β-lactam (4-membered cyclic amide) rings is 1. The number of aryl methyl sites for hydroxylation is 1. The van der Waals surface area contributed by atoms with E-state index in [4.69, 9.17) is 0 Å². The molecule has 28 heavy (non-hydrogen) atoms. The minimum Gasteiger partial charge on any atom is -0.507 e. The summed E-state index contributed by atoms with van der Waals surface area (Å²) >= 11 is -2.73. The summed E-state index contributed by atoms with van der Waals surface area (Å²) < 4.78 is 19.7. The number of aromatic hydroxyl groups is 1. The van der Waals surface area contributed by atoms with Crippen LogP contribution in [0.2, 0.25) is 0 Å². The van der Waals surface area contributed by atoms with E-state index in [1.54, 1.807) is 26.0 Å². The van der Waals surface area contributed by atoms with E-state index in [0.29, 0.717) is 5.56 Å². The van der Waals surface area contributed by atoms with Crippen LogP contribution in [0.4, 0.5) is 0 Å². The zero-order valence-corrected chi connectivity index (χ0v) is 16.3. The second-order valence-corrected chi connectivity index (χ2v) is 8.08. The maximum atomic E-state index is 12.2. The maximum absolute atomic E-state index is 12.2. The van der Waals surface area contributed by atoms with Crippen LogP contribution in [-0.4, -0.2) is 64.7 Å². The van der Waals surface area contributed by atoms with Gasteiger partial charge in [-0.2, -0.15) is 5.10 Å². The topological polar surface area (TPSA) is 157 Å². The third kappa shape index (κ3) is 3.90. The highest BCUT2D eigenvalue weighted by Gasteiger charge is 2.53. The van der Waals surface area contributed by atoms with Crippen LogP contribution in [0.1, 0.15) is 36.2 Å². The summed E-state index contributed by atoms with van der Waals surface area (Å²) in [6.45, 7) is 4.38. The number of phenolic OH excluding ortho intramolecular Hbond substituents is 1. The number of amides is 2. The van der Waals surface area contributed by atoms with E-state index < -0.39 is 45.7 Å². The number of carboxylic acids is 1. The van der Waals surface area contributed by atoms with Crippen LogP contribution in [0.5, 0.6) is 5.75 Å². The van der Waals surface area contributed by atoms with E-state index in [1.807, 2.05) is 0 Å². The van der Waals surface area contributed by atoms with E-state index in [1.165, 1.54) is 6.07 Å². The van der Waals surface area contributed by atoms with Crippen LogP contribution in [0.25, 0.3) is 0 Å². The number of hydrogen-bond acceptors (Lipinski definition) is 6. The fraction of sp³-hybridized carbons (Fsp3) is 0.412. The summed E-state index contributed by atoms with van der Waals surface area (Å²) in [5.74, 6) is -2.96. The Hall–Kier alpha value is -2.79. The summed E-state index contributed by atoms with van der Waals surface area (Å²) in [7, 11) is 0. The Morgan fingerprint density at radius 1 is 1.46 bits per heavy atom. The molecule has 0 aliphatic carbocycles. The second-order valence-electron chi connectivity index (χ2n) is 6.70. The first kappa shape index (κ1) is 21.5. The molecule has 0 bridgehead atoms. The van der Waals surface area contributed by atoms with Crippen LogP contribution in [0, 0.1) is 6.92 Å². The first-order valence-electron chi connectivity index (χ1n) is 8.28. The van der Waals surface area contributed by atoms with Crippen molar-refractivity contribution in [1.29, 1.82) is 0 Å². The minimum absolute atomic E-state index is 0.0645. The van der Waals surface area contributed by atoms with Crippen LogP contribution >= 0.6 is 0 Å². The minimum atomic E-state index is -2.73. The molecule has 1 unspecified atom stereocenters. The number of phenols is 1. The molecular weight excluding hydrogens is 390 g/mol. The van der Waals surface area contributed by atoms with Gasteiger partial charge in [0.15, 0.2) is 17.1 Å². The van der Waals surface area contributed by atoms with Gasteiger partial charge in [-0.05, 0) is 32.4 Å². The van der Waals surface area contributed by atoms with Crippen molar-refractivity contribution in [3.63, 3.8) is 0 Å². The molecule has 11 heteroatoms. The monoisotopic (exact) mass is 411 g/mol. The Balaban J connectivity index is 2.28. The zero-order chi connectivity index (χ0) is 21.2. The predicted molar refractivity (Wildman–Crippen MR) is 100 cm³/mol. The van der Waals surface area contributed by atoms with Crippen molar-refractivity contribution in [3.8, 4) is 5.75 Å². The summed E-state index contributed by atoms with van der Waals surface area (Å²) in [4.78, 5) is 36.8. The third-order valence-corrected chi connectivity index (χ3v) is 5.71. The maximum Gasteiger partial charge on any atom is 0.328 e. The summed E-state index contributed by atoms with van der Waals surface area (Å²) in [5.41, 5.74) is 2.50. The molecule has 4 N–H and O–H groups in total. The van der Waals surface area contributed by atoms with Gasteiger partial charge >= 0.3 is 5.97 Å². The van der Waals surface area contributed by atoms with Crippen molar-refractivity contribution < 1.29 is 33.4 Å². The summed E-state index contributed by atoms with van der Waals surface area (Å²) in [6.07, 6.45) is 0.962. The number of rotatable bonds is 7. The molecule has 2 rings (SSSR count). The second kappa shape index (κ2) is 8.07. The van der Waals surface area contributed by atoms with Gasteiger partial charge in [-0.1, -0.05) is 12.1 Å². The largest absolute Gasteiger partial charge is 0.507 e. The van der Waals surface area contributed by atoms with Gasteiger partial charge in [0, 0.05) is 18.7 Å². The molecule has 1 aliphatic heterocycles. The van der Waals surface area contributed by atoms with Gasteiger partial charge in [0.05, 0.1) is 5.56 Å². The van der Waals surface area contributed by atoms with Crippen molar-refractivity contribution >= 4 is 35.1 Å². The standard InChI is InChI=1S/C17H21N3O7S/c1-9-5-4-6-11(13(9)22)15(23)19-18-8-17(3,28(26)27)14(16(24)25)20-10(2)7-12(20)21/h4-6,8,10,14,22H,7H2,1-3H3,(H,19,23)(H,24,25)(H,26,27)/b18-8+/t10-,14+,17+/m1/s1. The molecule has 2 amide bonds. The van der Waals surface area contributed by atoms with Crippen LogP contribution in [0.3, 0.4) is 0 Å². The van der Waals surface area contributed by atoms with Gasteiger partial charge in [0.25, 0.3) is 5.91 Å². The molecule has 0 radical (unpaired) electrons. The molecule has 4 atom stereocenters. The van der Waals surface area contributed by atoms with Gasteiger partial charge in [-0.15, -0.1) is 0 Å². The smallest absolute Gasteiger partial charge is 0.328 e. The molecule has 1 aliphatic rings. The van der Waals surface area contributed by atoms with Crippen molar-refractivity contribution in [2.75, 3.05) is 0 Å². The fourth-order valence-corrected chi connectivity index (χ4v) is 3.51. The highest BCUT2D eigenvalue weighted by molar-refractivity contribution is 7.81. The quantitative estimate of drug-likeness (QED) is 0.220. The lowest BCUT2D eigenvalue weighted by Crippen LogP contribution is -2.67. The number of carboxylic acid groups (broad SMARTS) is 1. The fourth-order valence-electron chi connectivity index (χ4n) is 2.96. The Labute approximate surface area is 163 Å². The van der Waals surface area contributed by atoms with Gasteiger partial charge < -0.3 is 19.7 Å². The number of benzene rings is 1. The van der Waals surface area contributed by atoms with E-state index in [2.05, 4.69) is 10.5 Å². The van der Waals surface area contributed by atoms with Crippen molar-refractivity contribution in [2.24, 2.45) is 5.10 Å². The van der Waals surface area contributed by atoms with E-state index in [0.717, 1.165) is 18.0 Å². The van der Waals surface area contributed by atoms with E-state index in [9.17, 15) is 33.4 Å². The molecular formula is C17H21N3O7S. The molecule has 1 fully saturated rings. The Morgan fingerprint density at radius 2 is 2.11 bits per heavy atom. The number of nitrogens with zero attached hydrogens (tertiary/aromatic N) is 2. The molecule has 0 spiro atoms. The number of likely N-dealkylation sites (tertiary alicyclic amines) is 1. The Bertz CT molecular complexity index is 872. The SMILES string of the molecule is Cc1cccc(C(=O)N/N=C/[C@@](C)([C@H](C(=O)O)N2C(=O)C[C@H]2C)S(=O)O)c1O. The Morgan fingerprint density at radius 3 is 2.61 bits per heavy atom. The highest BCUT2D eigenvalue weighted by Crippen LogP contribution is 2.30. The van der Waals surface area contributed by atoms with Crippen LogP contribution < -0.4 is 5.43 Å². The molecule has 1 saturated heterocycles.